The molecule has 2 saturated heterocycles. The number of carboxylic acid groups (broad SMARTS) is 1. The number of amides is 4. The zero-order valence-corrected chi connectivity index (χ0v) is 36.5. The molecule has 4 amide bonds. The number of nitrogens with two attached hydrogens (primary N) is 2. The predicted molar refractivity (Wildman–Crippen MR) is 243 cm³/mol. The number of para-hydroxylation sites is 1. The maximum Gasteiger partial charge on any atom is 0.407 e. The molecule has 1 unspecified atom stereocenters. The van der Waals surface area contributed by atoms with Gasteiger partial charge in [0, 0.05) is 54.9 Å². The van der Waals surface area contributed by atoms with Crippen molar-refractivity contribution < 1.29 is 38.6 Å². The number of aromatic nitrogens is 1. The number of carboxylic acids is 1. The molecule has 4 aromatic rings. The number of nitrogens with zero attached hydrogens (tertiary/aromatic N) is 2. The predicted octanol–water partition coefficient (Wildman–Crippen LogP) is 4.89. The molecular weight excluding hydrogens is 817 g/mol. The summed E-state index contributed by atoms with van der Waals surface area (Å²) in [4.78, 5) is 91.7. The Morgan fingerprint density at radius 2 is 1.53 bits per heavy atom. The van der Waals surface area contributed by atoms with Gasteiger partial charge in [0.15, 0.2) is 11.7 Å². The first-order valence-corrected chi connectivity index (χ1v) is 22.4. The number of aromatic amines is 1. The van der Waals surface area contributed by atoms with Gasteiger partial charge in [0.25, 0.3) is 0 Å². The average Bonchev–Trinajstić information content (AvgIpc) is 4.03. The number of ether oxygens (including phenoxy) is 1. The van der Waals surface area contributed by atoms with Gasteiger partial charge >= 0.3 is 12.1 Å². The third-order valence-corrected chi connectivity index (χ3v) is 12.3. The van der Waals surface area contributed by atoms with Crippen molar-refractivity contribution in [2.24, 2.45) is 22.4 Å². The first-order valence-electron chi connectivity index (χ1n) is 22.4. The highest BCUT2D eigenvalue weighted by Gasteiger charge is 2.40. The Bertz CT molecular complexity index is 2290. The van der Waals surface area contributed by atoms with Gasteiger partial charge in [-0.2, -0.15) is 0 Å². The van der Waals surface area contributed by atoms with E-state index in [2.05, 4.69) is 25.9 Å². The van der Waals surface area contributed by atoms with Crippen LogP contribution in [0.15, 0.2) is 84.0 Å². The normalized spacial score (nSPS) is 21.8. The number of H-pyrrole nitrogens is 1. The molecule has 16 heteroatoms. The van der Waals surface area contributed by atoms with Crippen molar-refractivity contribution in [3.05, 3.63) is 95.7 Å². The number of Topliss-reactive ketones (excluding diaryl/α,β-unsaturated/α-hetero) is 1. The molecule has 0 radical (unpaired) electrons. The summed E-state index contributed by atoms with van der Waals surface area (Å²) in [5.41, 5.74) is 16.8. The smallest absolute Gasteiger partial charge is 0.407 e. The Labute approximate surface area is 373 Å². The standard InChI is InChI=1S/C46H54N8O8.C2H6/c47-45(48)49-21-9-11-27-24-40(55)38(23-28-25-50-35-17-6-5-12-29(28)35)52-42(57)39-20-10-22-54(39)43(58)36(18-7-8-19-37(44(59)60)51-41(27)56)53-46(61)62-26-34-32-15-3-1-13-30(32)31-14-2-4-16-33(31)34;1-2/h1-6,12-17,25,27,34,36-39,50H,7-11,18-24,26H2,(H,51,56)(H,52,57)(H,53,61)(H,59,60)(H4,47,48,49);1-2H3/t27-,36+,37+,38+,39?;/m1./s1. The van der Waals surface area contributed by atoms with Crippen LogP contribution in [0.25, 0.3) is 22.0 Å². The summed E-state index contributed by atoms with van der Waals surface area (Å²) < 4.78 is 5.82. The molecule has 340 valence electrons. The van der Waals surface area contributed by atoms with E-state index in [0.29, 0.717) is 25.7 Å². The summed E-state index contributed by atoms with van der Waals surface area (Å²) in [6.07, 6.45) is 2.82. The fourth-order valence-corrected chi connectivity index (χ4v) is 9.08. The highest BCUT2D eigenvalue weighted by Crippen LogP contribution is 2.44. The molecule has 3 aromatic carbocycles. The number of aliphatic imine (C=N–C) groups is 1. The van der Waals surface area contributed by atoms with Gasteiger partial charge in [0.2, 0.25) is 17.7 Å². The maximum atomic E-state index is 14.4. The number of guanidine groups is 1. The van der Waals surface area contributed by atoms with Crippen molar-refractivity contribution in [1.82, 2.24) is 25.8 Å². The zero-order chi connectivity index (χ0) is 45.8. The van der Waals surface area contributed by atoms with E-state index in [-0.39, 0.29) is 70.1 Å². The number of fused-ring (bicyclic) bond motifs is 5. The van der Waals surface area contributed by atoms with Gasteiger partial charge < -0.3 is 47.1 Å². The molecule has 0 spiro atoms. The van der Waals surface area contributed by atoms with E-state index in [9.17, 15) is 33.9 Å². The second-order valence-corrected chi connectivity index (χ2v) is 16.3. The SMILES string of the molecule is CC.NC(N)=NCCC[C@@H]1CC(=O)[C@H](Cc2c[nH]c3ccccc23)NC(=O)C2CCCN2C(=O)[C@@H](NC(=O)OCC2c3ccccc3-c3ccccc32)CCCC[C@@H](C(=O)O)NC1=O. The molecule has 3 aliphatic rings. The van der Waals surface area contributed by atoms with E-state index in [1.165, 1.54) is 4.90 Å². The van der Waals surface area contributed by atoms with Gasteiger partial charge in [-0.3, -0.25) is 24.2 Å². The molecule has 3 heterocycles. The van der Waals surface area contributed by atoms with Crippen molar-refractivity contribution in [1.29, 1.82) is 0 Å². The number of hydrogen-bond acceptors (Lipinski definition) is 8. The molecule has 16 nitrogen and oxygen atoms in total. The fraction of sp³-hybridized carbons (Fsp3) is 0.438. The van der Waals surface area contributed by atoms with E-state index in [1.807, 2.05) is 86.6 Å². The monoisotopic (exact) mass is 876 g/mol. The Hall–Kier alpha value is -6.71. The summed E-state index contributed by atoms with van der Waals surface area (Å²) in [6.45, 7) is 4.46. The largest absolute Gasteiger partial charge is 0.480 e. The van der Waals surface area contributed by atoms with Crippen molar-refractivity contribution >= 4 is 52.4 Å². The van der Waals surface area contributed by atoms with Crippen LogP contribution in [0.4, 0.5) is 4.79 Å². The lowest BCUT2D eigenvalue weighted by Crippen LogP contribution is -2.55. The fourth-order valence-electron chi connectivity index (χ4n) is 9.08. The Kier molecular flexibility index (Phi) is 16.1. The van der Waals surface area contributed by atoms with Gasteiger partial charge in [-0.05, 0) is 72.4 Å². The van der Waals surface area contributed by atoms with Crippen LogP contribution in [0.1, 0.15) is 94.2 Å². The van der Waals surface area contributed by atoms with Crippen molar-refractivity contribution in [3.63, 3.8) is 0 Å². The Morgan fingerprint density at radius 1 is 0.859 bits per heavy atom. The molecule has 0 bridgehead atoms. The molecule has 5 atom stereocenters. The van der Waals surface area contributed by atoms with Gasteiger partial charge in [0.1, 0.15) is 24.7 Å². The van der Waals surface area contributed by atoms with E-state index in [0.717, 1.165) is 38.7 Å². The van der Waals surface area contributed by atoms with E-state index >= 15 is 0 Å². The van der Waals surface area contributed by atoms with Crippen molar-refractivity contribution in [3.8, 4) is 11.1 Å². The van der Waals surface area contributed by atoms with Gasteiger partial charge in [-0.25, -0.2) is 9.59 Å². The molecule has 2 fully saturated rings. The third kappa shape index (κ3) is 11.3. The third-order valence-electron chi connectivity index (χ3n) is 12.3. The molecule has 1 aromatic heterocycles. The lowest BCUT2D eigenvalue weighted by atomic mass is 9.90. The van der Waals surface area contributed by atoms with E-state index in [1.54, 1.807) is 6.20 Å². The number of carbonyl (C=O) groups excluding carboxylic acids is 5. The van der Waals surface area contributed by atoms with E-state index < -0.39 is 65.7 Å². The minimum atomic E-state index is -1.29. The minimum Gasteiger partial charge on any atom is -0.480 e. The van der Waals surface area contributed by atoms with Crippen LogP contribution < -0.4 is 27.4 Å². The molecule has 7 rings (SSSR count). The summed E-state index contributed by atoms with van der Waals surface area (Å²) in [5, 5.41) is 19.4. The van der Waals surface area contributed by atoms with Crippen LogP contribution in [-0.4, -0.2) is 100 Å². The van der Waals surface area contributed by atoms with Crippen molar-refractivity contribution in [2.45, 2.75) is 108 Å². The van der Waals surface area contributed by atoms with Gasteiger partial charge in [0.05, 0.1) is 6.04 Å². The molecule has 64 heavy (non-hydrogen) atoms. The number of rotatable bonds is 10. The lowest BCUT2D eigenvalue weighted by molar-refractivity contribution is -0.143. The quantitative estimate of drug-likeness (QED) is 0.0645. The average molecular weight is 877 g/mol. The van der Waals surface area contributed by atoms with Gasteiger partial charge in [-0.1, -0.05) is 93.4 Å². The van der Waals surface area contributed by atoms with Crippen LogP contribution in [0, 0.1) is 5.92 Å². The summed E-state index contributed by atoms with van der Waals surface area (Å²) >= 11 is 0. The van der Waals surface area contributed by atoms with E-state index in [4.69, 9.17) is 16.2 Å². The second-order valence-electron chi connectivity index (χ2n) is 16.3. The first kappa shape index (κ1) is 46.8. The number of carbonyl (C=O) groups is 6. The second kappa shape index (κ2) is 22.1. The van der Waals surface area contributed by atoms with Crippen LogP contribution >= 0.6 is 0 Å². The zero-order valence-electron chi connectivity index (χ0n) is 36.5. The Morgan fingerprint density at radius 3 is 2.23 bits per heavy atom. The highest BCUT2D eigenvalue weighted by atomic mass is 16.5. The topological polar surface area (TPSA) is 251 Å². The number of benzene rings is 3. The first-order chi connectivity index (χ1) is 31.0. The van der Waals surface area contributed by atoms with Gasteiger partial charge in [-0.15, -0.1) is 0 Å². The summed E-state index contributed by atoms with van der Waals surface area (Å²) in [5.74, 6) is -4.61. The molecular formula is C48H60N8O8. The highest BCUT2D eigenvalue weighted by molar-refractivity contribution is 5.97. The van der Waals surface area contributed by atoms with Crippen LogP contribution in [-0.2, 0) is 35.1 Å². The lowest BCUT2D eigenvalue weighted by Gasteiger charge is -2.30. The Balaban J connectivity index is 0.00000335. The molecule has 9 N–H and O–H groups in total. The van der Waals surface area contributed by atoms with Crippen LogP contribution in [0.5, 0.6) is 0 Å². The number of aliphatic carboxylic acids is 1. The van der Waals surface area contributed by atoms with Crippen LogP contribution in [0.3, 0.4) is 0 Å². The van der Waals surface area contributed by atoms with Crippen molar-refractivity contribution in [2.75, 3.05) is 19.7 Å². The maximum absolute atomic E-state index is 14.4. The molecule has 1 aliphatic carbocycles. The number of nitrogens with one attached hydrogen (secondary N) is 4. The minimum absolute atomic E-state index is 0.0244. The summed E-state index contributed by atoms with van der Waals surface area (Å²) in [7, 11) is 0. The number of hydrogen-bond donors (Lipinski definition) is 7. The number of ketones is 1. The van der Waals surface area contributed by atoms with Crippen LogP contribution in [0.2, 0.25) is 0 Å². The molecule has 0 saturated carbocycles. The molecule has 2 aliphatic heterocycles. The summed E-state index contributed by atoms with van der Waals surface area (Å²) in [6, 6.07) is 19.0. The number of alkyl carbamates (subject to hydrolysis) is 1.